The third kappa shape index (κ3) is 4.20. The van der Waals surface area contributed by atoms with Crippen LogP contribution in [0.4, 0.5) is 0 Å². The van der Waals surface area contributed by atoms with Crippen molar-refractivity contribution < 1.29 is 97.5 Å². The maximum absolute atomic E-state index is 12.5. The van der Waals surface area contributed by atoms with E-state index in [1.54, 1.807) is 0 Å². The zero-order valence-electron chi connectivity index (χ0n) is 15.6. The minimum Gasteiger partial charge on any atom is -1.00 e. The molecule has 0 amide bonds. The fourth-order valence-corrected chi connectivity index (χ4v) is 3.44. The monoisotopic (exact) mass is 416 g/mol. The molecule has 0 unspecified atom stereocenters. The Balaban J connectivity index is 0. The van der Waals surface area contributed by atoms with Crippen LogP contribution >= 0.6 is 0 Å². The number of hydrogen-bond acceptors (Lipinski definition) is 6. The molecular formula is C14H10Na2O8S2. The van der Waals surface area contributed by atoms with E-state index < -0.39 is 41.6 Å². The van der Waals surface area contributed by atoms with E-state index in [1.807, 2.05) is 0 Å². The van der Waals surface area contributed by atoms with Gasteiger partial charge in [-0.1, -0.05) is 0 Å². The number of carbonyl (C=O) groups excluding carboxylic acids is 2. The van der Waals surface area contributed by atoms with Crippen molar-refractivity contribution in [2.75, 3.05) is 0 Å². The van der Waals surface area contributed by atoms with Gasteiger partial charge in [0.05, 0.1) is 9.79 Å². The van der Waals surface area contributed by atoms with Crippen LogP contribution in [0.3, 0.4) is 0 Å². The Morgan fingerprint density at radius 2 is 0.923 bits per heavy atom. The molecule has 0 aliphatic heterocycles. The Morgan fingerprint density at radius 3 is 1.19 bits per heavy atom. The predicted molar refractivity (Wildman–Crippen MR) is 81.6 cm³/mol. The van der Waals surface area contributed by atoms with Crippen LogP contribution in [0, 0.1) is 0 Å². The van der Waals surface area contributed by atoms with Crippen molar-refractivity contribution in [1.29, 1.82) is 0 Å². The topological polar surface area (TPSA) is 143 Å². The number of ketones is 2. The van der Waals surface area contributed by atoms with Gasteiger partial charge >= 0.3 is 59.1 Å². The van der Waals surface area contributed by atoms with Crippen LogP contribution in [-0.2, 0) is 20.2 Å². The normalized spacial score (nSPS) is 13.2. The third-order valence-corrected chi connectivity index (χ3v) is 5.26. The summed E-state index contributed by atoms with van der Waals surface area (Å²) in [6, 6.07) is 5.78. The Morgan fingerprint density at radius 1 is 0.615 bits per heavy atom. The minimum absolute atomic E-state index is 0. The molecule has 8 nitrogen and oxygen atoms in total. The van der Waals surface area contributed by atoms with Crippen LogP contribution in [0.2, 0.25) is 0 Å². The molecule has 0 atom stereocenters. The molecule has 2 N–H and O–H groups in total. The fraction of sp³-hybridized carbons (Fsp3) is 0. The molecule has 0 saturated carbocycles. The van der Waals surface area contributed by atoms with Gasteiger partial charge in [0.15, 0.2) is 11.6 Å². The van der Waals surface area contributed by atoms with Gasteiger partial charge in [-0.15, -0.1) is 0 Å². The number of hydrogen-bond donors (Lipinski definition) is 2. The molecule has 26 heavy (non-hydrogen) atoms. The standard InChI is InChI=1S/C14H8O8S2.2Na.2H/c15-13-9-3-1-7(23(17,18)19)5-11(9)14(16)10-4-2-8(6-12(10)13)24(20,21)22;;;;/h1-6H,(H,17,18,19)(H,20,21,22);;;;/q;2*+1;2*-1. The van der Waals surface area contributed by atoms with Crippen molar-refractivity contribution in [2.45, 2.75) is 9.79 Å². The number of carbonyl (C=O) groups is 2. The average molecular weight is 416 g/mol. The molecule has 3 rings (SSSR count). The van der Waals surface area contributed by atoms with Crippen LogP contribution < -0.4 is 59.1 Å². The molecule has 2 aromatic carbocycles. The van der Waals surface area contributed by atoms with Crippen LogP contribution in [-0.4, -0.2) is 37.5 Å². The van der Waals surface area contributed by atoms with Crippen molar-refractivity contribution in [2.24, 2.45) is 0 Å². The predicted octanol–water partition coefficient (Wildman–Crippen LogP) is -4.81. The second-order valence-corrected chi connectivity index (χ2v) is 7.87. The quantitative estimate of drug-likeness (QED) is 0.313. The van der Waals surface area contributed by atoms with E-state index in [1.165, 1.54) is 0 Å². The molecule has 2 aromatic rings. The Kier molecular flexibility index (Phi) is 7.20. The number of benzene rings is 2. The maximum Gasteiger partial charge on any atom is 1.00 e. The first-order valence-corrected chi connectivity index (χ1v) is 9.20. The van der Waals surface area contributed by atoms with Crippen molar-refractivity contribution in [3.8, 4) is 0 Å². The summed E-state index contributed by atoms with van der Waals surface area (Å²) in [5.41, 5.74) is -0.704. The summed E-state index contributed by atoms with van der Waals surface area (Å²) in [6.45, 7) is 0. The van der Waals surface area contributed by atoms with Gasteiger partial charge in [0, 0.05) is 22.3 Å². The van der Waals surface area contributed by atoms with E-state index in [4.69, 9.17) is 9.11 Å². The van der Waals surface area contributed by atoms with E-state index in [2.05, 4.69) is 0 Å². The summed E-state index contributed by atoms with van der Waals surface area (Å²) in [7, 11) is -9.11. The second-order valence-electron chi connectivity index (χ2n) is 5.02. The van der Waals surface area contributed by atoms with Crippen LogP contribution in [0.5, 0.6) is 0 Å². The molecule has 1 aliphatic carbocycles. The van der Waals surface area contributed by atoms with Crippen molar-refractivity contribution >= 4 is 31.8 Å². The summed E-state index contributed by atoms with van der Waals surface area (Å²) < 4.78 is 62.8. The van der Waals surface area contributed by atoms with Gasteiger partial charge in [-0.3, -0.25) is 18.7 Å². The molecular weight excluding hydrogens is 406 g/mol. The molecule has 0 saturated heterocycles. The molecule has 12 heteroatoms. The molecule has 0 fully saturated rings. The minimum atomic E-state index is -4.56. The van der Waals surface area contributed by atoms with Gasteiger partial charge in [0.1, 0.15) is 0 Å². The molecule has 0 radical (unpaired) electrons. The molecule has 128 valence electrons. The van der Waals surface area contributed by atoms with E-state index in [0.717, 1.165) is 36.4 Å². The smallest absolute Gasteiger partial charge is 1.00 e. The largest absolute Gasteiger partial charge is 1.00 e. The van der Waals surface area contributed by atoms with Crippen LogP contribution in [0.1, 0.15) is 34.7 Å². The summed E-state index contributed by atoms with van der Waals surface area (Å²) in [5, 5.41) is 0. The molecule has 1 aliphatic rings. The first kappa shape index (κ1) is 23.6. The number of fused-ring (bicyclic) bond motifs is 2. The molecule has 0 aromatic heterocycles. The first-order valence-electron chi connectivity index (χ1n) is 6.32. The van der Waals surface area contributed by atoms with Crippen molar-refractivity contribution in [3.05, 3.63) is 58.7 Å². The van der Waals surface area contributed by atoms with Gasteiger partial charge in [-0.2, -0.15) is 16.8 Å². The Labute approximate surface area is 196 Å². The van der Waals surface area contributed by atoms with E-state index in [9.17, 15) is 26.4 Å². The van der Waals surface area contributed by atoms with Gasteiger partial charge in [-0.05, 0) is 36.4 Å². The zero-order chi connectivity index (χ0) is 17.9. The zero-order valence-corrected chi connectivity index (χ0v) is 19.3. The van der Waals surface area contributed by atoms with Crippen LogP contribution in [0.15, 0.2) is 46.2 Å². The van der Waals surface area contributed by atoms with Gasteiger partial charge < -0.3 is 2.85 Å². The van der Waals surface area contributed by atoms with E-state index in [0.29, 0.717) is 0 Å². The first-order chi connectivity index (χ1) is 11.0. The summed E-state index contributed by atoms with van der Waals surface area (Å²) in [6.07, 6.45) is 0. The second kappa shape index (κ2) is 7.92. The molecule has 0 bridgehead atoms. The van der Waals surface area contributed by atoms with Gasteiger partial charge in [0.25, 0.3) is 20.2 Å². The van der Waals surface area contributed by atoms with Gasteiger partial charge in [-0.25, -0.2) is 0 Å². The van der Waals surface area contributed by atoms with Crippen molar-refractivity contribution in [3.63, 3.8) is 0 Å². The SMILES string of the molecule is O=C1c2ccc(S(=O)(=O)O)cc2C(=O)c2ccc(S(=O)(=O)O)cc21.[H-].[H-].[Na+].[Na+]. The average Bonchev–Trinajstić information content (AvgIpc) is 2.49. The molecule has 0 spiro atoms. The van der Waals surface area contributed by atoms with Gasteiger partial charge in [0.2, 0.25) is 0 Å². The Hall–Kier alpha value is -0.400. The summed E-state index contributed by atoms with van der Waals surface area (Å²) >= 11 is 0. The third-order valence-electron chi connectivity index (χ3n) is 3.56. The Bertz CT molecular complexity index is 1060. The maximum atomic E-state index is 12.5. The van der Waals surface area contributed by atoms with E-state index >= 15 is 0 Å². The van der Waals surface area contributed by atoms with Crippen molar-refractivity contribution in [1.82, 2.24) is 0 Å². The summed E-state index contributed by atoms with van der Waals surface area (Å²) in [5.74, 6) is -1.40. The molecule has 0 heterocycles. The van der Waals surface area contributed by atoms with E-state index in [-0.39, 0.29) is 84.2 Å². The fourth-order valence-electron chi connectivity index (χ4n) is 2.43. The van der Waals surface area contributed by atoms with Crippen LogP contribution in [0.25, 0.3) is 0 Å². The number of rotatable bonds is 2. The summed E-state index contributed by atoms with van der Waals surface area (Å²) in [4.78, 5) is 23.8.